The van der Waals surface area contributed by atoms with E-state index in [2.05, 4.69) is 4.99 Å². The van der Waals surface area contributed by atoms with Crippen molar-refractivity contribution in [2.24, 2.45) is 15.9 Å². The van der Waals surface area contributed by atoms with Crippen molar-refractivity contribution >= 4 is 40.3 Å². The molecule has 0 saturated heterocycles. The number of amides is 1. The number of benzene rings is 1. The summed E-state index contributed by atoms with van der Waals surface area (Å²) in [5.74, 6) is 0.493. The molecule has 2 unspecified atom stereocenters. The molecule has 0 radical (unpaired) electrons. The molecule has 2 atom stereocenters. The number of amidine groups is 2. The summed E-state index contributed by atoms with van der Waals surface area (Å²) in [6.07, 6.45) is 0.866. The molecule has 2 aliphatic heterocycles. The van der Waals surface area contributed by atoms with E-state index < -0.39 is 6.04 Å². The number of thioether (sulfide) groups is 1. The Kier molecular flexibility index (Phi) is 5.22. The average molecular weight is 359 g/mol. The monoisotopic (exact) mass is 359 g/mol. The zero-order valence-electron chi connectivity index (χ0n) is 14.6. The van der Waals surface area contributed by atoms with Crippen LogP contribution in [-0.4, -0.2) is 46.2 Å². The molecule has 1 amide bonds. The van der Waals surface area contributed by atoms with Crippen LogP contribution < -0.4 is 0 Å². The zero-order chi connectivity index (χ0) is 18.0. The topological polar surface area (TPSA) is 71.3 Å². The van der Waals surface area contributed by atoms with Crippen LogP contribution in [0, 0.1) is 5.92 Å². The maximum atomic E-state index is 12.9. The number of nitrogens with zero attached hydrogens (tertiary/aromatic N) is 3. The van der Waals surface area contributed by atoms with E-state index in [9.17, 15) is 9.59 Å². The van der Waals surface area contributed by atoms with Crippen LogP contribution in [0.1, 0.15) is 32.8 Å². The second kappa shape index (κ2) is 7.39. The summed E-state index contributed by atoms with van der Waals surface area (Å²) in [5.41, 5.74) is 1.61. The van der Waals surface area contributed by atoms with Crippen molar-refractivity contribution in [3.63, 3.8) is 0 Å². The van der Waals surface area contributed by atoms with Gasteiger partial charge in [0.15, 0.2) is 5.17 Å². The van der Waals surface area contributed by atoms with Gasteiger partial charge in [-0.05, 0) is 25.0 Å². The van der Waals surface area contributed by atoms with Crippen molar-refractivity contribution in [3.8, 4) is 0 Å². The SMILES string of the molecule is CCOC(=O)CSC1=Nc2ccccc2C2=NC(C(C)CC)C(=O)N12. The molecule has 2 heterocycles. The van der Waals surface area contributed by atoms with Gasteiger partial charge >= 0.3 is 5.97 Å². The van der Waals surface area contributed by atoms with E-state index in [1.54, 1.807) is 11.8 Å². The summed E-state index contributed by atoms with van der Waals surface area (Å²) >= 11 is 1.21. The van der Waals surface area contributed by atoms with Gasteiger partial charge in [0.1, 0.15) is 11.9 Å². The van der Waals surface area contributed by atoms with E-state index >= 15 is 0 Å². The lowest BCUT2D eigenvalue weighted by Gasteiger charge is -2.25. The summed E-state index contributed by atoms with van der Waals surface area (Å²) in [6.45, 7) is 6.18. The lowest BCUT2D eigenvalue weighted by Crippen LogP contribution is -2.42. The Balaban J connectivity index is 1.94. The van der Waals surface area contributed by atoms with E-state index in [1.807, 2.05) is 38.1 Å². The first-order valence-corrected chi connectivity index (χ1v) is 9.43. The third-order valence-electron chi connectivity index (χ3n) is 4.31. The van der Waals surface area contributed by atoms with Crippen molar-refractivity contribution < 1.29 is 14.3 Å². The maximum Gasteiger partial charge on any atom is 0.316 e. The van der Waals surface area contributed by atoms with Crippen LogP contribution in [0.5, 0.6) is 0 Å². The highest BCUT2D eigenvalue weighted by Crippen LogP contribution is 2.35. The van der Waals surface area contributed by atoms with Gasteiger partial charge in [0.05, 0.1) is 18.0 Å². The van der Waals surface area contributed by atoms with Gasteiger partial charge in [-0.25, -0.2) is 9.89 Å². The van der Waals surface area contributed by atoms with Crippen LogP contribution in [0.25, 0.3) is 0 Å². The number of ether oxygens (including phenoxy) is 1. The molecule has 0 aromatic heterocycles. The Labute approximate surface area is 151 Å². The van der Waals surface area contributed by atoms with E-state index in [-0.39, 0.29) is 23.5 Å². The molecule has 6 nitrogen and oxygen atoms in total. The van der Waals surface area contributed by atoms with Crippen LogP contribution in [0.2, 0.25) is 0 Å². The average Bonchev–Trinajstić information content (AvgIpc) is 2.97. The predicted octanol–water partition coefficient (Wildman–Crippen LogP) is 2.99. The quantitative estimate of drug-likeness (QED) is 0.758. The maximum absolute atomic E-state index is 12.9. The molecule has 0 spiro atoms. The molecule has 0 aliphatic carbocycles. The first-order chi connectivity index (χ1) is 12.1. The number of carbonyl (C=O) groups is 2. The predicted molar refractivity (Wildman–Crippen MR) is 99.3 cm³/mol. The Hall–Kier alpha value is -2.15. The van der Waals surface area contributed by atoms with Gasteiger partial charge in [-0.1, -0.05) is 44.2 Å². The van der Waals surface area contributed by atoms with Crippen LogP contribution in [0.3, 0.4) is 0 Å². The third-order valence-corrected chi connectivity index (χ3v) is 5.22. The number of para-hydroxylation sites is 1. The first-order valence-electron chi connectivity index (χ1n) is 8.45. The normalized spacial score (nSPS) is 19.7. The Bertz CT molecular complexity index is 760. The molecule has 1 aromatic rings. The number of esters is 1. The number of fused-ring (bicyclic) bond motifs is 3. The fraction of sp³-hybridized carbons (Fsp3) is 0.444. The molecule has 7 heteroatoms. The number of rotatable bonds is 5. The van der Waals surface area contributed by atoms with Crippen LogP contribution in [0.4, 0.5) is 5.69 Å². The van der Waals surface area contributed by atoms with Gasteiger partial charge in [-0.2, -0.15) is 0 Å². The van der Waals surface area contributed by atoms with Crippen LogP contribution in [0.15, 0.2) is 34.3 Å². The molecule has 3 rings (SSSR count). The molecule has 0 bridgehead atoms. The summed E-state index contributed by atoms with van der Waals surface area (Å²) in [6, 6.07) is 7.21. The van der Waals surface area contributed by atoms with E-state index in [0.29, 0.717) is 17.6 Å². The third kappa shape index (κ3) is 3.33. The highest BCUT2D eigenvalue weighted by molar-refractivity contribution is 8.14. The Morgan fingerprint density at radius 3 is 2.84 bits per heavy atom. The fourth-order valence-corrected chi connectivity index (χ4v) is 3.59. The lowest BCUT2D eigenvalue weighted by atomic mass is 10.00. The highest BCUT2D eigenvalue weighted by atomic mass is 32.2. The van der Waals surface area contributed by atoms with Gasteiger partial charge in [-0.15, -0.1) is 0 Å². The summed E-state index contributed by atoms with van der Waals surface area (Å²) in [5, 5.41) is 0.487. The van der Waals surface area contributed by atoms with Gasteiger partial charge < -0.3 is 4.74 Å². The van der Waals surface area contributed by atoms with Crippen molar-refractivity contribution in [3.05, 3.63) is 29.8 Å². The lowest BCUT2D eigenvalue weighted by molar-refractivity contribution is -0.139. The summed E-state index contributed by atoms with van der Waals surface area (Å²) in [4.78, 5) is 35.5. The van der Waals surface area contributed by atoms with Gasteiger partial charge in [0, 0.05) is 5.56 Å². The largest absolute Gasteiger partial charge is 0.465 e. The summed E-state index contributed by atoms with van der Waals surface area (Å²) < 4.78 is 4.97. The van der Waals surface area contributed by atoms with E-state index in [0.717, 1.165) is 17.7 Å². The van der Waals surface area contributed by atoms with Gasteiger partial charge in [0.25, 0.3) is 5.91 Å². The minimum Gasteiger partial charge on any atom is -0.465 e. The van der Waals surface area contributed by atoms with Gasteiger partial charge in [-0.3, -0.25) is 14.6 Å². The number of hydrogen-bond acceptors (Lipinski definition) is 6. The highest BCUT2D eigenvalue weighted by Gasteiger charge is 2.43. The second-order valence-corrected chi connectivity index (χ2v) is 6.90. The molecule has 0 fully saturated rings. The fourth-order valence-electron chi connectivity index (χ4n) is 2.79. The number of carbonyl (C=O) groups excluding carboxylic acids is 2. The second-order valence-electron chi connectivity index (χ2n) is 5.96. The Morgan fingerprint density at radius 2 is 2.12 bits per heavy atom. The van der Waals surface area contributed by atoms with Gasteiger partial charge in [0.2, 0.25) is 0 Å². The molecule has 25 heavy (non-hydrogen) atoms. The number of aliphatic imine (C=N–C) groups is 2. The molecule has 132 valence electrons. The molecule has 0 saturated carbocycles. The van der Waals surface area contributed by atoms with Crippen molar-refractivity contribution in [2.45, 2.75) is 33.2 Å². The molecular formula is C18H21N3O3S. The molecular weight excluding hydrogens is 338 g/mol. The summed E-state index contributed by atoms with van der Waals surface area (Å²) in [7, 11) is 0. The van der Waals surface area contributed by atoms with Crippen molar-refractivity contribution in [2.75, 3.05) is 12.4 Å². The minimum absolute atomic E-state index is 0.0750. The van der Waals surface area contributed by atoms with Crippen LogP contribution in [-0.2, 0) is 14.3 Å². The van der Waals surface area contributed by atoms with E-state index in [1.165, 1.54) is 11.8 Å². The first kappa shape index (κ1) is 17.7. The minimum atomic E-state index is -0.403. The molecule has 2 aliphatic rings. The molecule has 0 N–H and O–H groups in total. The Morgan fingerprint density at radius 1 is 1.36 bits per heavy atom. The number of hydrogen-bond donors (Lipinski definition) is 0. The van der Waals surface area contributed by atoms with Crippen molar-refractivity contribution in [1.82, 2.24) is 4.90 Å². The standard InChI is InChI=1S/C18H21N3O3S/c1-4-11(3)15-17(23)21-16(20-15)12-8-6-7-9-13(12)19-18(21)25-10-14(22)24-5-2/h6-9,11,15H,4-5,10H2,1-3H3. The van der Waals surface area contributed by atoms with Crippen molar-refractivity contribution in [1.29, 1.82) is 0 Å². The smallest absolute Gasteiger partial charge is 0.316 e. The molecule has 1 aromatic carbocycles. The van der Waals surface area contributed by atoms with Crippen LogP contribution >= 0.6 is 11.8 Å². The van der Waals surface area contributed by atoms with E-state index in [4.69, 9.17) is 9.73 Å². The zero-order valence-corrected chi connectivity index (χ0v) is 15.4.